The molecule has 0 unspecified atom stereocenters. The summed E-state index contributed by atoms with van der Waals surface area (Å²) in [6.45, 7) is 0. The molecule has 1 amide bonds. The van der Waals surface area contributed by atoms with Crippen LogP contribution < -0.4 is 10.9 Å². The summed E-state index contributed by atoms with van der Waals surface area (Å²) in [7, 11) is 0. The number of nitrogens with one attached hydrogen (secondary N) is 2. The highest BCUT2D eigenvalue weighted by Gasteiger charge is 2.07. The van der Waals surface area contributed by atoms with E-state index < -0.39 is 17.4 Å². The van der Waals surface area contributed by atoms with Crippen molar-refractivity contribution in [1.82, 2.24) is 10.2 Å². The second-order valence-electron chi connectivity index (χ2n) is 4.06. The summed E-state index contributed by atoms with van der Waals surface area (Å²) in [4.78, 5) is 33.2. The standard InChI is InChI=1S/C14H11N3O4/c18-12-6-5-11(16-17-12)14(21)15-10-3-1-2-9(8-10)4-7-13(19)20/h1-8H,(H,15,21)(H,17,18)(H,19,20)/b7-4+. The number of benzene rings is 1. The maximum atomic E-state index is 11.9. The molecule has 1 aromatic carbocycles. The van der Waals surface area contributed by atoms with Crippen LogP contribution >= 0.6 is 0 Å². The molecule has 0 radical (unpaired) electrons. The number of carbonyl (C=O) groups is 2. The number of hydrogen-bond donors (Lipinski definition) is 3. The maximum Gasteiger partial charge on any atom is 0.328 e. The number of amides is 1. The largest absolute Gasteiger partial charge is 0.478 e. The molecule has 3 N–H and O–H groups in total. The van der Waals surface area contributed by atoms with Gasteiger partial charge in [0.1, 0.15) is 5.69 Å². The van der Waals surface area contributed by atoms with E-state index in [9.17, 15) is 14.4 Å². The number of carboxylic acids is 1. The lowest BCUT2D eigenvalue weighted by molar-refractivity contribution is -0.131. The van der Waals surface area contributed by atoms with E-state index in [1.807, 2.05) is 0 Å². The van der Waals surface area contributed by atoms with Gasteiger partial charge in [0.2, 0.25) is 0 Å². The average Bonchev–Trinajstić information content (AvgIpc) is 2.46. The van der Waals surface area contributed by atoms with E-state index in [4.69, 9.17) is 5.11 Å². The zero-order chi connectivity index (χ0) is 15.2. The van der Waals surface area contributed by atoms with Crippen LogP contribution in [0.25, 0.3) is 6.08 Å². The molecule has 7 nitrogen and oxygen atoms in total. The molecule has 0 spiro atoms. The van der Waals surface area contributed by atoms with Crippen molar-refractivity contribution in [1.29, 1.82) is 0 Å². The Morgan fingerprint density at radius 3 is 2.71 bits per heavy atom. The third kappa shape index (κ3) is 4.13. The quantitative estimate of drug-likeness (QED) is 0.729. The van der Waals surface area contributed by atoms with Gasteiger partial charge in [-0.25, -0.2) is 9.89 Å². The van der Waals surface area contributed by atoms with Gasteiger partial charge < -0.3 is 10.4 Å². The minimum atomic E-state index is -1.05. The summed E-state index contributed by atoms with van der Waals surface area (Å²) in [6.07, 6.45) is 2.42. The third-order valence-corrected chi connectivity index (χ3v) is 2.47. The number of aromatic amines is 1. The number of carboxylic acid groups (broad SMARTS) is 1. The number of aromatic nitrogens is 2. The van der Waals surface area contributed by atoms with Gasteiger partial charge >= 0.3 is 5.97 Å². The van der Waals surface area contributed by atoms with Crippen LogP contribution in [0.15, 0.2) is 47.3 Å². The third-order valence-electron chi connectivity index (χ3n) is 2.47. The van der Waals surface area contributed by atoms with Gasteiger partial charge in [-0.2, -0.15) is 5.10 Å². The highest BCUT2D eigenvalue weighted by Crippen LogP contribution is 2.12. The van der Waals surface area contributed by atoms with Crippen molar-refractivity contribution in [3.63, 3.8) is 0 Å². The molecule has 0 fully saturated rings. The lowest BCUT2D eigenvalue weighted by Crippen LogP contribution is -2.17. The molecule has 1 aromatic heterocycles. The molecular formula is C14H11N3O4. The van der Waals surface area contributed by atoms with Crippen molar-refractivity contribution < 1.29 is 14.7 Å². The fraction of sp³-hybridized carbons (Fsp3) is 0. The lowest BCUT2D eigenvalue weighted by Gasteiger charge is -2.05. The number of nitrogens with zero attached hydrogens (tertiary/aromatic N) is 1. The Labute approximate surface area is 118 Å². The number of aliphatic carboxylic acids is 1. The number of anilines is 1. The van der Waals surface area contributed by atoms with Gasteiger partial charge in [0.05, 0.1) is 0 Å². The minimum Gasteiger partial charge on any atom is -0.478 e. The van der Waals surface area contributed by atoms with Crippen LogP contribution in [0, 0.1) is 0 Å². The fourth-order valence-electron chi connectivity index (χ4n) is 1.55. The molecule has 0 aliphatic heterocycles. The van der Waals surface area contributed by atoms with Crippen molar-refractivity contribution in [2.45, 2.75) is 0 Å². The molecule has 2 rings (SSSR count). The van der Waals surface area contributed by atoms with E-state index in [0.29, 0.717) is 11.3 Å². The number of H-pyrrole nitrogens is 1. The SMILES string of the molecule is O=C(O)/C=C/c1cccc(NC(=O)c2ccc(=O)[nH]n2)c1. The monoisotopic (exact) mass is 285 g/mol. The van der Waals surface area contributed by atoms with Gasteiger partial charge in [-0.05, 0) is 29.8 Å². The molecule has 7 heteroatoms. The Bertz CT molecular complexity index is 744. The predicted octanol–water partition coefficient (Wildman–Crippen LogP) is 1.12. The predicted molar refractivity (Wildman–Crippen MR) is 75.9 cm³/mol. The molecule has 0 saturated carbocycles. The van der Waals surface area contributed by atoms with Crippen LogP contribution in [-0.4, -0.2) is 27.2 Å². The molecule has 2 aromatic rings. The first-order valence-electron chi connectivity index (χ1n) is 5.93. The Morgan fingerprint density at radius 1 is 1.24 bits per heavy atom. The zero-order valence-corrected chi connectivity index (χ0v) is 10.7. The molecule has 0 saturated heterocycles. The van der Waals surface area contributed by atoms with Crippen molar-refractivity contribution in [2.24, 2.45) is 0 Å². The summed E-state index contributed by atoms with van der Waals surface area (Å²) in [6, 6.07) is 9.16. The van der Waals surface area contributed by atoms with Gasteiger partial charge in [-0.15, -0.1) is 0 Å². The van der Waals surface area contributed by atoms with Crippen LogP contribution in [0.5, 0.6) is 0 Å². The van der Waals surface area contributed by atoms with Gasteiger partial charge in [0.25, 0.3) is 11.5 Å². The molecule has 0 aliphatic rings. The van der Waals surface area contributed by atoms with Crippen molar-refractivity contribution in [2.75, 3.05) is 5.32 Å². The van der Waals surface area contributed by atoms with Gasteiger partial charge in [-0.1, -0.05) is 12.1 Å². The Morgan fingerprint density at radius 2 is 2.05 bits per heavy atom. The van der Waals surface area contributed by atoms with Crippen LogP contribution in [0.2, 0.25) is 0 Å². The Kier molecular flexibility index (Phi) is 4.25. The molecule has 0 aliphatic carbocycles. The van der Waals surface area contributed by atoms with Gasteiger partial charge in [0, 0.05) is 17.8 Å². The smallest absolute Gasteiger partial charge is 0.328 e. The van der Waals surface area contributed by atoms with E-state index in [0.717, 1.165) is 6.08 Å². The van der Waals surface area contributed by atoms with E-state index in [1.54, 1.807) is 24.3 Å². The van der Waals surface area contributed by atoms with Crippen LogP contribution in [0.1, 0.15) is 16.1 Å². The summed E-state index contributed by atoms with van der Waals surface area (Å²) < 4.78 is 0. The van der Waals surface area contributed by atoms with Gasteiger partial charge in [0.15, 0.2) is 0 Å². The Hall–Kier alpha value is -3.22. The van der Waals surface area contributed by atoms with Crippen LogP contribution in [0.4, 0.5) is 5.69 Å². The number of carbonyl (C=O) groups excluding carboxylic acids is 1. The van der Waals surface area contributed by atoms with E-state index in [2.05, 4.69) is 15.5 Å². The summed E-state index contributed by atoms with van der Waals surface area (Å²) >= 11 is 0. The minimum absolute atomic E-state index is 0.0704. The molecule has 0 bridgehead atoms. The maximum absolute atomic E-state index is 11.9. The van der Waals surface area contributed by atoms with Crippen molar-refractivity contribution in [3.05, 3.63) is 64.1 Å². The number of hydrogen-bond acceptors (Lipinski definition) is 4. The van der Waals surface area contributed by atoms with E-state index in [-0.39, 0.29) is 5.69 Å². The van der Waals surface area contributed by atoms with E-state index in [1.165, 1.54) is 18.2 Å². The second-order valence-corrected chi connectivity index (χ2v) is 4.06. The second kappa shape index (κ2) is 6.29. The van der Waals surface area contributed by atoms with E-state index >= 15 is 0 Å². The molecule has 0 atom stereocenters. The van der Waals surface area contributed by atoms with Crippen LogP contribution in [-0.2, 0) is 4.79 Å². The average molecular weight is 285 g/mol. The topological polar surface area (TPSA) is 112 Å². The fourth-order valence-corrected chi connectivity index (χ4v) is 1.55. The molecular weight excluding hydrogens is 274 g/mol. The first kappa shape index (κ1) is 14.2. The summed E-state index contributed by atoms with van der Waals surface area (Å²) in [5.74, 6) is -1.53. The summed E-state index contributed by atoms with van der Waals surface area (Å²) in [5, 5.41) is 17.0. The Balaban J connectivity index is 2.14. The molecule has 1 heterocycles. The molecule has 106 valence electrons. The highest BCUT2D eigenvalue weighted by atomic mass is 16.4. The lowest BCUT2D eigenvalue weighted by atomic mass is 10.2. The zero-order valence-electron chi connectivity index (χ0n) is 10.7. The summed E-state index contributed by atoms with van der Waals surface area (Å²) in [5.41, 5.74) is 0.790. The highest BCUT2D eigenvalue weighted by molar-refractivity contribution is 6.02. The van der Waals surface area contributed by atoms with Gasteiger partial charge in [-0.3, -0.25) is 9.59 Å². The first-order valence-corrected chi connectivity index (χ1v) is 5.93. The first-order chi connectivity index (χ1) is 10.0. The van der Waals surface area contributed by atoms with Crippen LogP contribution in [0.3, 0.4) is 0 Å². The normalized spacial score (nSPS) is 10.5. The molecule has 21 heavy (non-hydrogen) atoms. The van der Waals surface area contributed by atoms with Crippen molar-refractivity contribution in [3.8, 4) is 0 Å². The number of rotatable bonds is 4. The van der Waals surface area contributed by atoms with Crippen molar-refractivity contribution >= 4 is 23.6 Å².